The van der Waals surface area contributed by atoms with Crippen LogP contribution in [-0.2, 0) is 23.4 Å². The van der Waals surface area contributed by atoms with E-state index in [0.717, 1.165) is 24.8 Å². The van der Waals surface area contributed by atoms with Crippen molar-refractivity contribution in [2.45, 2.75) is 44.6 Å². The van der Waals surface area contributed by atoms with E-state index in [1.165, 1.54) is 32.1 Å². The molecule has 2 rings (SSSR count). The number of carbonyl (C=O) groups is 1. The molecule has 0 aromatic carbocycles. The molecule has 3 unspecified atom stereocenters. The van der Waals surface area contributed by atoms with Crippen LogP contribution in [0.3, 0.4) is 0 Å². The van der Waals surface area contributed by atoms with Gasteiger partial charge in [0.15, 0.2) is 0 Å². The molecule has 0 N–H and O–H groups in total. The summed E-state index contributed by atoms with van der Waals surface area (Å²) >= 11 is 0. The van der Waals surface area contributed by atoms with Gasteiger partial charge in [-0.25, -0.2) is 0 Å². The standard InChI is InChI=1S/C14H25N2O.V/c1-15(2)14(17)13-9-11-7-5-4-6-8-12(11)10-16(13)3;/h11-13H,3-10H2,1-2H3;/q-1;. The van der Waals surface area contributed by atoms with Crippen LogP contribution in [0.2, 0.25) is 0 Å². The molecular weight excluding hydrogens is 263 g/mol. The minimum absolute atomic E-state index is 0. The Bertz CT molecular complexity index is 283. The first-order valence-corrected chi connectivity index (χ1v) is 6.88. The second-order valence-electron chi connectivity index (χ2n) is 5.91. The zero-order chi connectivity index (χ0) is 12.4. The number of amides is 1. The third kappa shape index (κ3) is 3.52. The van der Waals surface area contributed by atoms with Crippen LogP contribution in [0.25, 0.3) is 0 Å². The van der Waals surface area contributed by atoms with Gasteiger partial charge in [0.05, 0.1) is 6.04 Å². The summed E-state index contributed by atoms with van der Waals surface area (Å²) in [4.78, 5) is 15.9. The Kier molecular flexibility index (Phi) is 6.23. The normalized spacial score (nSPS) is 32.9. The fourth-order valence-electron chi connectivity index (χ4n) is 3.43. The van der Waals surface area contributed by atoms with Crippen molar-refractivity contribution in [1.29, 1.82) is 0 Å². The number of carbonyl (C=O) groups excluding carboxylic acids is 1. The van der Waals surface area contributed by atoms with E-state index in [-0.39, 0.29) is 30.5 Å². The fraction of sp³-hybridized carbons (Fsp3) is 0.857. The van der Waals surface area contributed by atoms with E-state index in [0.29, 0.717) is 0 Å². The zero-order valence-electron chi connectivity index (χ0n) is 11.6. The number of fused-ring (bicyclic) bond motifs is 1. The molecule has 0 aromatic heterocycles. The van der Waals surface area contributed by atoms with Crippen LogP contribution in [0.1, 0.15) is 38.5 Å². The summed E-state index contributed by atoms with van der Waals surface area (Å²) < 4.78 is 0. The number of hydrogen-bond acceptors (Lipinski definition) is 2. The van der Waals surface area contributed by atoms with E-state index in [4.69, 9.17) is 0 Å². The number of likely N-dealkylation sites (N-methyl/N-ethyl adjacent to an activating group) is 1. The second-order valence-corrected chi connectivity index (χ2v) is 5.91. The van der Waals surface area contributed by atoms with Crippen molar-refractivity contribution in [2.75, 3.05) is 20.6 Å². The molecule has 1 radical (unpaired) electrons. The van der Waals surface area contributed by atoms with Crippen LogP contribution in [0, 0.1) is 18.9 Å². The molecule has 1 heterocycles. The van der Waals surface area contributed by atoms with Crippen molar-refractivity contribution in [1.82, 2.24) is 9.80 Å². The Morgan fingerprint density at radius 3 is 2.39 bits per heavy atom. The van der Waals surface area contributed by atoms with Gasteiger partial charge in [-0.15, -0.1) is 0 Å². The molecule has 0 spiro atoms. The van der Waals surface area contributed by atoms with Crippen molar-refractivity contribution in [3.8, 4) is 0 Å². The quantitative estimate of drug-likeness (QED) is 0.690. The molecule has 1 saturated carbocycles. The van der Waals surface area contributed by atoms with Crippen LogP contribution < -0.4 is 0 Å². The van der Waals surface area contributed by atoms with E-state index in [2.05, 4.69) is 7.05 Å². The van der Waals surface area contributed by atoms with E-state index in [1.807, 2.05) is 19.0 Å². The number of piperidine rings is 1. The van der Waals surface area contributed by atoms with E-state index < -0.39 is 0 Å². The molecule has 103 valence electrons. The maximum Gasteiger partial charge on any atom is 0.236 e. The summed E-state index contributed by atoms with van der Waals surface area (Å²) in [6.45, 7) is 1.01. The van der Waals surface area contributed by atoms with Crippen molar-refractivity contribution in [3.05, 3.63) is 7.05 Å². The summed E-state index contributed by atoms with van der Waals surface area (Å²) in [6.07, 6.45) is 7.75. The van der Waals surface area contributed by atoms with Gasteiger partial charge in [0.25, 0.3) is 0 Å². The Morgan fingerprint density at radius 2 is 1.78 bits per heavy atom. The Morgan fingerprint density at radius 1 is 1.17 bits per heavy atom. The molecule has 3 nitrogen and oxygen atoms in total. The molecule has 2 aliphatic rings. The average Bonchev–Trinajstić information content (AvgIpc) is 2.51. The first-order valence-electron chi connectivity index (χ1n) is 6.88. The smallest absolute Gasteiger partial charge is 0.236 e. The van der Waals surface area contributed by atoms with E-state index in [9.17, 15) is 4.79 Å². The summed E-state index contributed by atoms with van der Waals surface area (Å²) in [5, 5.41) is 0. The molecule has 1 saturated heterocycles. The van der Waals surface area contributed by atoms with Crippen LogP contribution >= 0.6 is 0 Å². The van der Waals surface area contributed by atoms with Gasteiger partial charge in [0.1, 0.15) is 0 Å². The topological polar surface area (TPSA) is 23.6 Å². The van der Waals surface area contributed by atoms with Gasteiger partial charge < -0.3 is 9.80 Å². The van der Waals surface area contributed by atoms with Crippen LogP contribution in [0.5, 0.6) is 0 Å². The van der Waals surface area contributed by atoms with Gasteiger partial charge >= 0.3 is 0 Å². The van der Waals surface area contributed by atoms with Gasteiger partial charge in [0, 0.05) is 32.7 Å². The second kappa shape index (κ2) is 6.97. The number of nitrogens with zero attached hydrogens (tertiary/aromatic N) is 2. The van der Waals surface area contributed by atoms with Crippen molar-refractivity contribution in [2.24, 2.45) is 11.8 Å². The predicted molar refractivity (Wildman–Crippen MR) is 69.2 cm³/mol. The van der Waals surface area contributed by atoms with Crippen LogP contribution in [0.15, 0.2) is 0 Å². The maximum atomic E-state index is 12.1. The first kappa shape index (κ1) is 16.1. The molecule has 18 heavy (non-hydrogen) atoms. The summed E-state index contributed by atoms with van der Waals surface area (Å²) in [7, 11) is 7.78. The summed E-state index contributed by atoms with van der Waals surface area (Å²) in [5.41, 5.74) is 0. The summed E-state index contributed by atoms with van der Waals surface area (Å²) in [6, 6.07) is 0.0179. The Hall–Kier alpha value is 0.0144. The Balaban J connectivity index is 0.00000162. The van der Waals surface area contributed by atoms with Gasteiger partial charge in [0.2, 0.25) is 5.91 Å². The van der Waals surface area contributed by atoms with Gasteiger partial charge in [-0.1, -0.05) is 25.7 Å². The minimum atomic E-state index is 0. The van der Waals surface area contributed by atoms with Gasteiger partial charge in [-0.2, -0.15) is 0 Å². The fourth-order valence-corrected chi connectivity index (χ4v) is 3.43. The summed E-state index contributed by atoms with van der Waals surface area (Å²) in [5.74, 6) is 1.76. The molecule has 2 fully saturated rings. The molecule has 3 atom stereocenters. The molecule has 1 amide bonds. The van der Waals surface area contributed by atoms with Crippen LogP contribution in [0.4, 0.5) is 0 Å². The monoisotopic (exact) mass is 288 g/mol. The largest absolute Gasteiger partial charge is 0.449 e. The molecule has 4 heteroatoms. The predicted octanol–water partition coefficient (Wildman–Crippen LogP) is 2.13. The van der Waals surface area contributed by atoms with E-state index in [1.54, 1.807) is 4.90 Å². The average molecular weight is 288 g/mol. The molecule has 0 bridgehead atoms. The first-order chi connectivity index (χ1) is 8.09. The maximum absolute atomic E-state index is 12.1. The minimum Gasteiger partial charge on any atom is -0.449 e. The van der Waals surface area contributed by atoms with Crippen molar-refractivity contribution in [3.63, 3.8) is 0 Å². The van der Waals surface area contributed by atoms with Gasteiger partial charge in [-0.05, 0) is 31.2 Å². The number of hydrogen-bond donors (Lipinski definition) is 0. The van der Waals surface area contributed by atoms with Crippen molar-refractivity contribution >= 4 is 5.91 Å². The molecular formula is C14H25N2OV-. The molecule has 1 aliphatic carbocycles. The van der Waals surface area contributed by atoms with Crippen molar-refractivity contribution < 1.29 is 23.4 Å². The molecule has 0 aromatic rings. The number of likely N-dealkylation sites (tertiary alicyclic amines) is 1. The Labute approximate surface area is 123 Å². The number of rotatable bonds is 1. The molecule has 1 aliphatic heterocycles. The SMILES string of the molecule is [CH2-]N1CC2CCCCCC2CC1C(=O)N(C)C.[V]. The van der Waals surface area contributed by atoms with Gasteiger partial charge in [-0.3, -0.25) is 11.8 Å². The third-order valence-corrected chi connectivity index (χ3v) is 4.48. The van der Waals surface area contributed by atoms with Crippen LogP contribution in [-0.4, -0.2) is 42.4 Å². The third-order valence-electron chi connectivity index (χ3n) is 4.48. The van der Waals surface area contributed by atoms with E-state index >= 15 is 0 Å². The zero-order valence-corrected chi connectivity index (χ0v) is 13.0.